The number of nitrogens with zero attached hydrogens (tertiary/aromatic N) is 1. The summed E-state index contributed by atoms with van der Waals surface area (Å²) in [5.74, 6) is -0.354. The molecule has 7 heteroatoms. The third-order valence-corrected chi connectivity index (χ3v) is 4.78. The van der Waals surface area contributed by atoms with Crippen molar-refractivity contribution in [2.45, 2.75) is 38.3 Å². The molecule has 4 nitrogen and oxygen atoms in total. The van der Waals surface area contributed by atoms with Gasteiger partial charge in [-0.05, 0) is 37.0 Å². The Balaban J connectivity index is 1.76. The molecule has 1 saturated carbocycles. The molecule has 144 valence electrons. The monoisotopic (exact) mass is 377 g/mol. The van der Waals surface area contributed by atoms with Gasteiger partial charge in [-0.2, -0.15) is 13.2 Å². The number of pyridine rings is 1. The Kier molecular flexibility index (Phi) is 5.98. The van der Waals surface area contributed by atoms with Crippen LogP contribution >= 0.6 is 0 Å². The number of nitrogens with one attached hydrogen (secondary N) is 2. The molecule has 1 amide bonds. The molecule has 3 rings (SSSR count). The van der Waals surface area contributed by atoms with Gasteiger partial charge in [-0.25, -0.2) is 4.98 Å². The zero-order valence-electron chi connectivity index (χ0n) is 14.9. The molecule has 1 fully saturated rings. The van der Waals surface area contributed by atoms with Gasteiger partial charge in [0.1, 0.15) is 5.82 Å². The summed E-state index contributed by atoms with van der Waals surface area (Å²) in [5.41, 5.74) is -0.818. The van der Waals surface area contributed by atoms with Gasteiger partial charge in [-0.15, -0.1) is 0 Å². The van der Waals surface area contributed by atoms with Gasteiger partial charge in [-0.3, -0.25) is 4.79 Å². The highest BCUT2D eigenvalue weighted by molar-refractivity contribution is 5.96. The van der Waals surface area contributed by atoms with Gasteiger partial charge < -0.3 is 10.6 Å². The number of halogens is 3. The van der Waals surface area contributed by atoms with Crippen molar-refractivity contribution in [1.29, 1.82) is 0 Å². The normalized spacial score (nSPS) is 15.4. The lowest BCUT2D eigenvalue weighted by Gasteiger charge is -2.22. The molecule has 0 radical (unpaired) electrons. The van der Waals surface area contributed by atoms with E-state index < -0.39 is 23.2 Å². The zero-order valence-corrected chi connectivity index (χ0v) is 14.9. The molecule has 1 aromatic heterocycles. The van der Waals surface area contributed by atoms with Crippen LogP contribution in [-0.2, 0) is 6.18 Å². The van der Waals surface area contributed by atoms with Crippen LogP contribution in [0.2, 0.25) is 0 Å². The van der Waals surface area contributed by atoms with E-state index in [0.717, 1.165) is 37.9 Å². The number of alkyl halides is 3. The van der Waals surface area contributed by atoms with Gasteiger partial charge in [0.05, 0.1) is 11.1 Å². The molecule has 0 bridgehead atoms. The van der Waals surface area contributed by atoms with Gasteiger partial charge in [-0.1, -0.05) is 37.5 Å². The molecule has 0 unspecified atom stereocenters. The van der Waals surface area contributed by atoms with Gasteiger partial charge in [0.2, 0.25) is 0 Å². The number of hydrogen-bond donors (Lipinski definition) is 2. The summed E-state index contributed by atoms with van der Waals surface area (Å²) in [5, 5.41) is 5.47. The highest BCUT2D eigenvalue weighted by Gasteiger charge is 2.36. The van der Waals surface area contributed by atoms with Gasteiger partial charge >= 0.3 is 6.18 Å². The number of anilines is 2. The lowest BCUT2D eigenvalue weighted by molar-refractivity contribution is -0.137. The van der Waals surface area contributed by atoms with E-state index in [2.05, 4.69) is 15.6 Å². The van der Waals surface area contributed by atoms with Gasteiger partial charge in [0.15, 0.2) is 0 Å². The topological polar surface area (TPSA) is 54.0 Å². The Morgan fingerprint density at radius 3 is 2.48 bits per heavy atom. The maximum absolute atomic E-state index is 13.5. The molecule has 0 aliphatic heterocycles. The van der Waals surface area contributed by atoms with Crippen molar-refractivity contribution >= 4 is 17.4 Å². The largest absolute Gasteiger partial charge is 0.417 e. The molecular formula is C20H22F3N3O. The molecule has 27 heavy (non-hydrogen) atoms. The average molecular weight is 377 g/mol. The van der Waals surface area contributed by atoms with Gasteiger partial charge in [0, 0.05) is 18.4 Å². The Bertz CT molecular complexity index is 772. The fourth-order valence-corrected chi connectivity index (χ4v) is 3.33. The molecule has 1 aromatic carbocycles. The van der Waals surface area contributed by atoms with Crippen molar-refractivity contribution < 1.29 is 18.0 Å². The van der Waals surface area contributed by atoms with E-state index >= 15 is 0 Å². The average Bonchev–Trinajstić information content (AvgIpc) is 2.67. The molecule has 2 aromatic rings. The Labute approximate surface area is 156 Å². The molecule has 1 aliphatic rings. The zero-order chi connectivity index (χ0) is 19.3. The smallest absolute Gasteiger partial charge is 0.352 e. The maximum Gasteiger partial charge on any atom is 0.417 e. The van der Waals surface area contributed by atoms with Crippen molar-refractivity contribution in [2.24, 2.45) is 5.92 Å². The number of hydrogen-bond acceptors (Lipinski definition) is 3. The molecule has 0 saturated heterocycles. The second-order valence-electron chi connectivity index (χ2n) is 6.82. The van der Waals surface area contributed by atoms with Crippen molar-refractivity contribution in [2.75, 3.05) is 11.9 Å². The predicted molar refractivity (Wildman–Crippen MR) is 97.9 cm³/mol. The fourth-order valence-electron chi connectivity index (χ4n) is 3.33. The first-order valence-electron chi connectivity index (χ1n) is 9.11. The van der Waals surface area contributed by atoms with Crippen LogP contribution in [0.1, 0.15) is 48.0 Å². The highest BCUT2D eigenvalue weighted by atomic mass is 19.4. The van der Waals surface area contributed by atoms with E-state index in [4.69, 9.17) is 0 Å². The van der Waals surface area contributed by atoms with Crippen LogP contribution in [0, 0.1) is 5.92 Å². The van der Waals surface area contributed by atoms with Crippen LogP contribution in [0.15, 0.2) is 42.6 Å². The maximum atomic E-state index is 13.5. The molecule has 0 spiro atoms. The molecule has 2 N–H and O–H groups in total. The standard InChI is InChI=1S/C20H22F3N3O/c21-20(22,23)17-11-18(26-15-9-5-2-6-10-15)24-13-16(17)19(27)25-12-14-7-3-1-4-8-14/h2,5-6,9-11,13-14H,1,3-4,7-8,12H2,(H,24,26)(H,25,27). The summed E-state index contributed by atoms with van der Waals surface area (Å²) in [7, 11) is 0. The third kappa shape index (κ3) is 5.21. The van der Waals surface area contributed by atoms with Crippen molar-refractivity contribution in [1.82, 2.24) is 10.3 Å². The number of amides is 1. The summed E-state index contributed by atoms with van der Waals surface area (Å²) < 4.78 is 40.5. The molecule has 0 atom stereocenters. The lowest BCUT2D eigenvalue weighted by Crippen LogP contribution is -2.32. The van der Waals surface area contributed by atoms with E-state index in [1.807, 2.05) is 0 Å². The third-order valence-electron chi connectivity index (χ3n) is 4.78. The van der Waals surface area contributed by atoms with Gasteiger partial charge in [0.25, 0.3) is 5.91 Å². The summed E-state index contributed by atoms with van der Waals surface area (Å²) in [6.45, 7) is 0.403. The Morgan fingerprint density at radius 1 is 1.11 bits per heavy atom. The summed E-state index contributed by atoms with van der Waals surface area (Å²) in [6, 6.07) is 9.65. The number of para-hydroxylation sites is 1. The van der Waals surface area contributed by atoms with Crippen molar-refractivity contribution in [3.63, 3.8) is 0 Å². The molecule has 1 heterocycles. The predicted octanol–water partition coefficient (Wildman–Crippen LogP) is 5.15. The second-order valence-corrected chi connectivity index (χ2v) is 6.82. The number of aromatic nitrogens is 1. The van der Waals surface area contributed by atoms with Crippen LogP contribution < -0.4 is 10.6 Å². The van der Waals surface area contributed by atoms with Crippen LogP contribution in [-0.4, -0.2) is 17.4 Å². The van der Waals surface area contributed by atoms with Crippen LogP contribution in [0.5, 0.6) is 0 Å². The summed E-state index contributed by atoms with van der Waals surface area (Å²) >= 11 is 0. The van der Waals surface area contributed by atoms with E-state index in [0.29, 0.717) is 18.2 Å². The molecular weight excluding hydrogens is 355 g/mol. The minimum Gasteiger partial charge on any atom is -0.352 e. The highest BCUT2D eigenvalue weighted by Crippen LogP contribution is 2.33. The first-order chi connectivity index (χ1) is 12.9. The molecule has 1 aliphatic carbocycles. The van der Waals surface area contributed by atoms with E-state index in [-0.39, 0.29) is 5.82 Å². The minimum atomic E-state index is -4.65. The quantitative estimate of drug-likeness (QED) is 0.757. The second kappa shape index (κ2) is 8.41. The Hall–Kier alpha value is -2.57. The SMILES string of the molecule is O=C(NCC1CCCCC1)c1cnc(Nc2ccccc2)cc1C(F)(F)F. The first kappa shape index (κ1) is 19.2. The fraction of sp³-hybridized carbons (Fsp3) is 0.400. The lowest BCUT2D eigenvalue weighted by atomic mass is 9.89. The minimum absolute atomic E-state index is 0.0392. The number of benzene rings is 1. The number of carbonyl (C=O) groups excluding carboxylic acids is 1. The van der Waals surface area contributed by atoms with E-state index in [1.54, 1.807) is 30.3 Å². The van der Waals surface area contributed by atoms with Crippen molar-refractivity contribution in [3.8, 4) is 0 Å². The van der Waals surface area contributed by atoms with E-state index in [9.17, 15) is 18.0 Å². The summed E-state index contributed by atoms with van der Waals surface area (Å²) in [4.78, 5) is 16.3. The van der Waals surface area contributed by atoms with Crippen LogP contribution in [0.3, 0.4) is 0 Å². The number of rotatable bonds is 5. The number of carbonyl (C=O) groups is 1. The van der Waals surface area contributed by atoms with Crippen LogP contribution in [0.25, 0.3) is 0 Å². The Morgan fingerprint density at radius 2 is 1.81 bits per heavy atom. The van der Waals surface area contributed by atoms with Crippen LogP contribution in [0.4, 0.5) is 24.7 Å². The summed E-state index contributed by atoms with van der Waals surface area (Å²) in [6.07, 6.45) is 1.75. The van der Waals surface area contributed by atoms with E-state index in [1.165, 1.54) is 6.42 Å². The first-order valence-corrected chi connectivity index (χ1v) is 9.11. The van der Waals surface area contributed by atoms with Crippen molar-refractivity contribution in [3.05, 3.63) is 53.7 Å².